The number of carbonyl (C=O) groups is 1. The van der Waals surface area contributed by atoms with Crippen LogP contribution >= 0.6 is 0 Å². The second-order valence-electron chi connectivity index (χ2n) is 11.0. The van der Waals surface area contributed by atoms with Crippen LogP contribution in [0.2, 0.25) is 0 Å². The summed E-state index contributed by atoms with van der Waals surface area (Å²) < 4.78 is 6.31. The highest BCUT2D eigenvalue weighted by molar-refractivity contribution is 5.96. The van der Waals surface area contributed by atoms with Gasteiger partial charge in [0.05, 0.1) is 11.7 Å². The molecule has 5 fully saturated rings. The van der Waals surface area contributed by atoms with Crippen molar-refractivity contribution >= 4 is 5.78 Å². The normalized spacial score (nSPS) is 59.8. The Morgan fingerprint density at radius 3 is 2.46 bits per heavy atom. The average Bonchev–Trinajstić information content (AvgIpc) is 3.20. The zero-order valence-electron chi connectivity index (χ0n) is 17.6. The maximum absolute atomic E-state index is 12.9. The first-order chi connectivity index (χ1) is 13.1. The van der Waals surface area contributed by atoms with Gasteiger partial charge in [0.1, 0.15) is 11.5 Å². The van der Waals surface area contributed by atoms with Gasteiger partial charge in [-0.1, -0.05) is 26.0 Å². The van der Waals surface area contributed by atoms with Crippen molar-refractivity contribution in [3.8, 4) is 6.07 Å². The molecule has 152 valence electrons. The van der Waals surface area contributed by atoms with Gasteiger partial charge in [-0.2, -0.15) is 5.26 Å². The lowest BCUT2D eigenvalue weighted by molar-refractivity contribution is -0.148. The molecule has 0 unspecified atom stereocenters. The number of carbonyl (C=O) groups excluding carboxylic acids is 1. The number of hydrogen-bond acceptors (Lipinski definition) is 4. The molecule has 0 bridgehead atoms. The molecule has 4 heteroatoms. The van der Waals surface area contributed by atoms with Gasteiger partial charge in [-0.15, -0.1) is 0 Å². The first-order valence-corrected chi connectivity index (χ1v) is 11.1. The molecule has 5 rings (SSSR count). The van der Waals surface area contributed by atoms with Gasteiger partial charge >= 0.3 is 0 Å². The van der Waals surface area contributed by atoms with Crippen molar-refractivity contribution in [3.63, 3.8) is 0 Å². The number of nitrogens with zero attached hydrogens (tertiary/aromatic N) is 1. The van der Waals surface area contributed by atoms with Gasteiger partial charge < -0.3 is 9.84 Å². The molecule has 1 N–H and O–H groups in total. The van der Waals surface area contributed by atoms with Crippen LogP contribution in [0.1, 0.15) is 72.6 Å². The largest absolute Gasteiger partial charge is 0.385 e. The summed E-state index contributed by atoms with van der Waals surface area (Å²) in [6, 6.07) is 2.29. The average molecular weight is 384 g/mol. The minimum atomic E-state index is -0.756. The Balaban J connectivity index is 1.53. The summed E-state index contributed by atoms with van der Waals surface area (Å²) in [6.45, 7) is 8.54. The van der Waals surface area contributed by atoms with Crippen LogP contribution in [0.25, 0.3) is 0 Å². The smallest absolute Gasteiger partial charge is 0.184 e. The number of allylic oxidation sites excluding steroid dienone is 1. The SMILES string of the molecule is CC=C[C@]1(O)CC[C@H]2[C@@H]3CC[C@@]45O[C@]4(C)C(=O)[C@H](C#N)C[C@]5(C)[C@H]3CC[C@@]21C. The summed E-state index contributed by atoms with van der Waals surface area (Å²) in [5, 5.41) is 21.1. The zero-order valence-corrected chi connectivity index (χ0v) is 17.6. The molecule has 0 radical (unpaired) electrons. The van der Waals surface area contributed by atoms with Crippen molar-refractivity contribution in [2.45, 2.75) is 89.4 Å². The highest BCUT2D eigenvalue weighted by Crippen LogP contribution is 2.76. The fourth-order valence-electron chi connectivity index (χ4n) is 8.83. The number of epoxide rings is 1. The van der Waals surface area contributed by atoms with E-state index in [9.17, 15) is 15.2 Å². The molecule has 1 aliphatic heterocycles. The zero-order chi connectivity index (χ0) is 20.2. The van der Waals surface area contributed by atoms with Crippen LogP contribution in [-0.2, 0) is 9.53 Å². The molecule has 4 saturated carbocycles. The van der Waals surface area contributed by atoms with Crippen molar-refractivity contribution in [1.29, 1.82) is 5.26 Å². The Bertz CT molecular complexity index is 815. The Morgan fingerprint density at radius 1 is 1.11 bits per heavy atom. The number of hydrogen-bond donors (Lipinski definition) is 1. The van der Waals surface area contributed by atoms with Crippen LogP contribution in [0.3, 0.4) is 0 Å². The van der Waals surface area contributed by atoms with E-state index in [1.54, 1.807) is 0 Å². The van der Waals surface area contributed by atoms with Gasteiger partial charge in [0, 0.05) is 10.8 Å². The lowest BCUT2D eigenvalue weighted by Gasteiger charge is -2.60. The minimum Gasteiger partial charge on any atom is -0.385 e. The first kappa shape index (κ1) is 18.8. The third-order valence-corrected chi connectivity index (χ3v) is 10.3. The van der Waals surface area contributed by atoms with Crippen LogP contribution in [0, 0.1) is 45.8 Å². The Morgan fingerprint density at radius 2 is 1.79 bits per heavy atom. The monoisotopic (exact) mass is 383 g/mol. The van der Waals surface area contributed by atoms with Gasteiger partial charge in [0.15, 0.2) is 11.4 Å². The summed E-state index contributed by atoms with van der Waals surface area (Å²) in [5.41, 5.74) is -2.02. The highest BCUT2D eigenvalue weighted by Gasteiger charge is 2.84. The van der Waals surface area contributed by atoms with E-state index in [-0.39, 0.29) is 22.2 Å². The topological polar surface area (TPSA) is 73.6 Å². The van der Waals surface area contributed by atoms with Gasteiger partial charge in [-0.05, 0) is 76.5 Å². The maximum Gasteiger partial charge on any atom is 0.184 e. The molecule has 1 saturated heterocycles. The molecule has 28 heavy (non-hydrogen) atoms. The van der Waals surface area contributed by atoms with Gasteiger partial charge in [-0.25, -0.2) is 0 Å². The summed E-state index contributed by atoms with van der Waals surface area (Å²) in [5.74, 6) is 0.994. The van der Waals surface area contributed by atoms with E-state index in [1.165, 1.54) is 0 Å². The molecule has 0 aromatic rings. The summed E-state index contributed by atoms with van der Waals surface area (Å²) >= 11 is 0. The van der Waals surface area contributed by atoms with Crippen LogP contribution < -0.4 is 0 Å². The lowest BCUT2D eigenvalue weighted by atomic mass is 9.42. The van der Waals surface area contributed by atoms with Crippen LogP contribution in [0.5, 0.6) is 0 Å². The third-order valence-electron chi connectivity index (χ3n) is 10.3. The Labute approximate surface area is 168 Å². The summed E-state index contributed by atoms with van der Waals surface area (Å²) in [7, 11) is 0. The number of fused-ring (bicyclic) bond motifs is 4. The van der Waals surface area contributed by atoms with E-state index >= 15 is 0 Å². The number of ether oxygens (including phenoxy) is 1. The minimum absolute atomic E-state index is 0.00916. The third kappa shape index (κ3) is 1.79. The number of ketones is 1. The highest BCUT2D eigenvalue weighted by atomic mass is 16.6. The molecular formula is C24H33NO3. The number of Topliss-reactive ketones (excluding diaryl/α,β-unsaturated/α-hetero) is 1. The predicted octanol–water partition coefficient (Wildman–Crippen LogP) is 4.18. The predicted molar refractivity (Wildman–Crippen MR) is 105 cm³/mol. The molecule has 1 spiro atoms. The molecule has 0 aromatic heterocycles. The van der Waals surface area contributed by atoms with Crippen LogP contribution in [0.15, 0.2) is 12.2 Å². The van der Waals surface area contributed by atoms with Crippen molar-refractivity contribution in [2.24, 2.45) is 34.5 Å². The second-order valence-corrected chi connectivity index (χ2v) is 11.0. The summed E-state index contributed by atoms with van der Waals surface area (Å²) in [6.07, 6.45) is 10.6. The molecule has 9 atom stereocenters. The van der Waals surface area contributed by atoms with Crippen LogP contribution in [0.4, 0.5) is 0 Å². The van der Waals surface area contributed by atoms with Gasteiger partial charge in [-0.3, -0.25) is 4.79 Å². The number of aliphatic hydroxyl groups is 1. The van der Waals surface area contributed by atoms with E-state index in [4.69, 9.17) is 4.74 Å². The van der Waals surface area contributed by atoms with Gasteiger partial charge in [0.25, 0.3) is 0 Å². The molecule has 5 aliphatic rings. The number of nitriles is 1. The van der Waals surface area contributed by atoms with Crippen molar-refractivity contribution in [1.82, 2.24) is 0 Å². The molecule has 1 heterocycles. The van der Waals surface area contributed by atoms with E-state index in [0.717, 1.165) is 38.5 Å². The maximum atomic E-state index is 12.9. The standard InChI is InChI=1S/C24H33NO3/c1-5-9-23(27)11-8-17-16-6-12-24-21(3,18(16)7-10-20(17,23)2)13-15(14-25)19(26)22(24,4)28-24/h5,9,15-18,27H,6-8,10-13H2,1-4H3/t15-,16-,17-,18-,20-,21+,22+,23-,24-/m0/s1. The van der Waals surface area contributed by atoms with Crippen LogP contribution in [-0.4, -0.2) is 27.7 Å². The molecule has 4 nitrogen and oxygen atoms in total. The van der Waals surface area contributed by atoms with Crippen molar-refractivity contribution < 1.29 is 14.6 Å². The Kier molecular flexibility index (Phi) is 3.56. The van der Waals surface area contributed by atoms with Crippen molar-refractivity contribution in [2.75, 3.05) is 0 Å². The molecular weight excluding hydrogens is 350 g/mol. The van der Waals surface area contributed by atoms with Gasteiger partial charge in [0.2, 0.25) is 0 Å². The van der Waals surface area contributed by atoms with E-state index < -0.39 is 17.1 Å². The molecule has 4 aliphatic carbocycles. The summed E-state index contributed by atoms with van der Waals surface area (Å²) in [4.78, 5) is 12.9. The quantitative estimate of drug-likeness (QED) is 0.545. The van der Waals surface area contributed by atoms with E-state index in [0.29, 0.717) is 24.2 Å². The fraction of sp³-hybridized carbons (Fsp3) is 0.833. The lowest BCUT2D eigenvalue weighted by Crippen LogP contribution is -2.62. The number of rotatable bonds is 1. The molecule has 0 aromatic carbocycles. The van der Waals surface area contributed by atoms with Crippen molar-refractivity contribution in [3.05, 3.63) is 12.2 Å². The van der Waals surface area contributed by atoms with E-state index in [2.05, 4.69) is 19.9 Å². The fourth-order valence-corrected chi connectivity index (χ4v) is 8.83. The van der Waals surface area contributed by atoms with E-state index in [1.807, 2.05) is 26.0 Å². The molecule has 0 amide bonds. The first-order valence-electron chi connectivity index (χ1n) is 11.1. The Hall–Kier alpha value is -1.18. The second kappa shape index (κ2) is 5.29.